The van der Waals surface area contributed by atoms with Crippen molar-refractivity contribution in [1.82, 2.24) is 4.57 Å². The van der Waals surface area contributed by atoms with Crippen molar-refractivity contribution in [3.8, 4) is 50.2 Å². The Kier molecular flexibility index (Phi) is 9.20. The van der Waals surface area contributed by atoms with Crippen LogP contribution in [0.5, 0.6) is 0 Å². The summed E-state index contributed by atoms with van der Waals surface area (Å²) in [5.41, 5.74) is 16.4. The molecule has 0 amide bonds. The van der Waals surface area contributed by atoms with Gasteiger partial charge in [-0.25, -0.2) is 0 Å². The Morgan fingerprint density at radius 2 is 0.750 bits per heavy atom. The molecule has 0 spiro atoms. The maximum atomic E-state index is 2.45. The highest BCUT2D eigenvalue weighted by atomic mass is 15.1. The van der Waals surface area contributed by atoms with Crippen LogP contribution in [-0.2, 0) is 0 Å². The van der Waals surface area contributed by atoms with Crippen LogP contribution in [0, 0.1) is 0 Å². The zero-order valence-electron chi connectivity index (χ0n) is 35.1. The summed E-state index contributed by atoms with van der Waals surface area (Å²) in [6, 6.07) is 92.6. The normalized spacial score (nSPS) is 11.4. The van der Waals surface area contributed by atoms with Crippen molar-refractivity contribution in [3.05, 3.63) is 255 Å². The molecule has 11 aromatic carbocycles. The Morgan fingerprint density at radius 3 is 1.50 bits per heavy atom. The SMILES string of the molecule is c1ccc(-c2ccc(N(c3ccc(-c4ccccc4-n4c5ccccc5c5c(-c6ccc7ccccc7c6)cccc54)cc3)c3ccc(-c4cccc5ccccc45)cc3)cc2)cc1. The van der Waals surface area contributed by atoms with E-state index in [4.69, 9.17) is 0 Å². The van der Waals surface area contributed by atoms with Crippen LogP contribution >= 0.6 is 0 Å². The largest absolute Gasteiger partial charge is 0.311 e. The molecule has 300 valence electrons. The Bertz CT molecular complexity index is 3630. The first kappa shape index (κ1) is 37.3. The second-order valence-electron chi connectivity index (χ2n) is 16.5. The average molecular weight is 815 g/mol. The van der Waals surface area contributed by atoms with Gasteiger partial charge in [-0.05, 0) is 121 Å². The predicted molar refractivity (Wildman–Crippen MR) is 272 cm³/mol. The van der Waals surface area contributed by atoms with Crippen molar-refractivity contribution >= 4 is 60.4 Å². The van der Waals surface area contributed by atoms with E-state index in [0.717, 1.165) is 28.3 Å². The van der Waals surface area contributed by atoms with Crippen molar-refractivity contribution in [2.24, 2.45) is 0 Å². The molecule has 0 unspecified atom stereocenters. The molecule has 0 fully saturated rings. The van der Waals surface area contributed by atoms with Crippen LogP contribution in [0.4, 0.5) is 17.1 Å². The predicted octanol–water partition coefficient (Wildman–Crippen LogP) is 17.2. The number of anilines is 3. The monoisotopic (exact) mass is 814 g/mol. The summed E-state index contributed by atoms with van der Waals surface area (Å²) in [5, 5.41) is 7.50. The van der Waals surface area contributed by atoms with Gasteiger partial charge in [0.2, 0.25) is 0 Å². The van der Waals surface area contributed by atoms with E-state index in [-0.39, 0.29) is 0 Å². The number of nitrogens with zero attached hydrogens (tertiary/aromatic N) is 2. The fourth-order valence-electron chi connectivity index (χ4n) is 9.73. The smallest absolute Gasteiger partial charge is 0.0547 e. The number of aromatic nitrogens is 1. The minimum Gasteiger partial charge on any atom is -0.311 e. The quantitative estimate of drug-likeness (QED) is 0.148. The minimum atomic E-state index is 1.09. The summed E-state index contributed by atoms with van der Waals surface area (Å²) < 4.78 is 2.45. The highest BCUT2D eigenvalue weighted by Gasteiger charge is 2.20. The van der Waals surface area contributed by atoms with Gasteiger partial charge in [0.15, 0.2) is 0 Å². The molecule has 2 nitrogen and oxygen atoms in total. The van der Waals surface area contributed by atoms with Gasteiger partial charge in [0, 0.05) is 33.4 Å². The Balaban J connectivity index is 0.956. The summed E-state index contributed by atoms with van der Waals surface area (Å²) in [6.45, 7) is 0. The van der Waals surface area contributed by atoms with Gasteiger partial charge in [-0.3, -0.25) is 0 Å². The zero-order valence-corrected chi connectivity index (χ0v) is 35.1. The van der Waals surface area contributed by atoms with Crippen molar-refractivity contribution in [3.63, 3.8) is 0 Å². The first-order valence-corrected chi connectivity index (χ1v) is 22.0. The van der Waals surface area contributed by atoms with Gasteiger partial charge in [-0.15, -0.1) is 0 Å². The van der Waals surface area contributed by atoms with Gasteiger partial charge in [0.25, 0.3) is 0 Å². The van der Waals surface area contributed by atoms with Crippen LogP contribution in [0.25, 0.3) is 93.5 Å². The third-order valence-electron chi connectivity index (χ3n) is 12.8. The average Bonchev–Trinajstić information content (AvgIpc) is 3.71. The number of para-hydroxylation sites is 2. The van der Waals surface area contributed by atoms with E-state index >= 15 is 0 Å². The molecule has 0 N–H and O–H groups in total. The molecular formula is C62H42N2. The number of hydrogen-bond donors (Lipinski definition) is 0. The fourth-order valence-corrected chi connectivity index (χ4v) is 9.73. The van der Waals surface area contributed by atoms with Gasteiger partial charge in [-0.1, -0.05) is 194 Å². The summed E-state index contributed by atoms with van der Waals surface area (Å²) in [6.07, 6.45) is 0. The molecular weight excluding hydrogens is 773 g/mol. The first-order chi connectivity index (χ1) is 31.7. The van der Waals surface area contributed by atoms with Crippen molar-refractivity contribution in [1.29, 1.82) is 0 Å². The van der Waals surface area contributed by atoms with Gasteiger partial charge in [-0.2, -0.15) is 0 Å². The van der Waals surface area contributed by atoms with Crippen molar-refractivity contribution in [2.45, 2.75) is 0 Å². The molecule has 12 rings (SSSR count). The van der Waals surface area contributed by atoms with E-state index in [0.29, 0.717) is 0 Å². The van der Waals surface area contributed by atoms with Crippen LogP contribution in [0.1, 0.15) is 0 Å². The maximum absolute atomic E-state index is 2.45. The van der Waals surface area contributed by atoms with Crippen molar-refractivity contribution in [2.75, 3.05) is 4.90 Å². The van der Waals surface area contributed by atoms with Crippen LogP contribution in [-0.4, -0.2) is 4.57 Å². The van der Waals surface area contributed by atoms with E-state index in [9.17, 15) is 0 Å². The van der Waals surface area contributed by atoms with Gasteiger partial charge < -0.3 is 9.47 Å². The van der Waals surface area contributed by atoms with E-state index < -0.39 is 0 Å². The molecule has 0 aliphatic carbocycles. The van der Waals surface area contributed by atoms with Gasteiger partial charge in [0.1, 0.15) is 0 Å². The number of rotatable bonds is 8. The number of benzene rings is 11. The van der Waals surface area contributed by atoms with E-state index in [1.54, 1.807) is 0 Å². The van der Waals surface area contributed by atoms with Crippen LogP contribution in [0.3, 0.4) is 0 Å². The van der Waals surface area contributed by atoms with Crippen LogP contribution in [0.15, 0.2) is 255 Å². The Hall–Kier alpha value is -8.46. The Morgan fingerprint density at radius 1 is 0.266 bits per heavy atom. The molecule has 0 saturated carbocycles. The molecule has 0 bridgehead atoms. The highest BCUT2D eigenvalue weighted by Crippen LogP contribution is 2.43. The van der Waals surface area contributed by atoms with Crippen molar-refractivity contribution < 1.29 is 0 Å². The first-order valence-electron chi connectivity index (χ1n) is 22.0. The Labute approximate surface area is 373 Å². The third kappa shape index (κ3) is 6.52. The molecule has 0 aliphatic heterocycles. The standard InChI is InChI=1S/C62H42N2/c1-2-14-43(15-3-1)45-30-36-51(37-31-45)63(52-38-32-47(33-39-52)55-23-12-19-46-17-6-7-20-54(46)55)53-40-34-48(35-41-53)56-21-8-10-25-59(56)64-60-26-11-9-22-58(60)62-57(24-13-27-61(62)64)50-29-28-44-16-4-5-18-49(44)42-50/h1-42H. The van der Waals surface area contributed by atoms with Gasteiger partial charge >= 0.3 is 0 Å². The molecule has 64 heavy (non-hydrogen) atoms. The topological polar surface area (TPSA) is 8.17 Å². The van der Waals surface area contributed by atoms with E-state index in [2.05, 4.69) is 264 Å². The lowest BCUT2D eigenvalue weighted by Crippen LogP contribution is -2.09. The summed E-state index contributed by atoms with van der Waals surface area (Å²) in [5.74, 6) is 0. The molecule has 1 heterocycles. The third-order valence-corrected chi connectivity index (χ3v) is 12.8. The molecule has 0 saturated heterocycles. The van der Waals surface area contributed by atoms with E-state index in [1.165, 1.54) is 82.3 Å². The fraction of sp³-hybridized carbons (Fsp3) is 0. The summed E-state index contributed by atoms with van der Waals surface area (Å²) >= 11 is 0. The molecule has 1 aromatic heterocycles. The van der Waals surface area contributed by atoms with Crippen LogP contribution < -0.4 is 4.90 Å². The number of hydrogen-bond acceptors (Lipinski definition) is 1. The number of fused-ring (bicyclic) bond motifs is 5. The maximum Gasteiger partial charge on any atom is 0.0547 e. The molecule has 2 heteroatoms. The molecule has 12 aromatic rings. The molecule has 0 aliphatic rings. The van der Waals surface area contributed by atoms with E-state index in [1.807, 2.05) is 0 Å². The highest BCUT2D eigenvalue weighted by molar-refractivity contribution is 6.16. The van der Waals surface area contributed by atoms with Gasteiger partial charge in [0.05, 0.1) is 16.7 Å². The molecule has 0 atom stereocenters. The van der Waals surface area contributed by atoms with Crippen LogP contribution in [0.2, 0.25) is 0 Å². The lowest BCUT2D eigenvalue weighted by atomic mass is 9.97. The molecule has 0 radical (unpaired) electrons. The minimum absolute atomic E-state index is 1.09. The summed E-state index contributed by atoms with van der Waals surface area (Å²) in [7, 11) is 0. The lowest BCUT2D eigenvalue weighted by molar-refractivity contribution is 1.18. The summed E-state index contributed by atoms with van der Waals surface area (Å²) in [4.78, 5) is 2.36. The second kappa shape index (κ2) is 15.8. The second-order valence-corrected chi connectivity index (χ2v) is 16.5. The zero-order chi connectivity index (χ0) is 42.4. The lowest BCUT2D eigenvalue weighted by Gasteiger charge is -2.26.